The van der Waals surface area contributed by atoms with Gasteiger partial charge >= 0.3 is 0 Å². The molecule has 0 saturated carbocycles. The lowest BCUT2D eigenvalue weighted by Gasteiger charge is -2.41. The van der Waals surface area contributed by atoms with Gasteiger partial charge < -0.3 is 15.0 Å². The van der Waals surface area contributed by atoms with Crippen LogP contribution in [0.2, 0.25) is 0 Å². The number of anilines is 1. The molecule has 3 aliphatic heterocycles. The van der Waals surface area contributed by atoms with Crippen molar-refractivity contribution in [3.05, 3.63) is 64.5 Å². The van der Waals surface area contributed by atoms with Gasteiger partial charge in [-0.3, -0.25) is 9.79 Å². The molecule has 0 unspecified atom stereocenters. The second kappa shape index (κ2) is 8.33. The molecule has 168 valence electrons. The van der Waals surface area contributed by atoms with Gasteiger partial charge in [-0.15, -0.1) is 0 Å². The van der Waals surface area contributed by atoms with Crippen LogP contribution in [0.15, 0.2) is 35.3 Å². The van der Waals surface area contributed by atoms with Crippen molar-refractivity contribution in [2.45, 2.75) is 18.4 Å². The number of carbonyl (C=O) groups is 1. The highest BCUT2D eigenvalue weighted by Gasteiger charge is 2.44. The molecule has 32 heavy (non-hydrogen) atoms. The zero-order valence-corrected chi connectivity index (χ0v) is 17.7. The van der Waals surface area contributed by atoms with Gasteiger partial charge in [0.15, 0.2) is 5.78 Å². The largest absolute Gasteiger partial charge is 0.383 e. The van der Waals surface area contributed by atoms with Crippen LogP contribution >= 0.6 is 0 Å². The first-order valence-corrected chi connectivity index (χ1v) is 10.8. The number of aliphatic imine (C=N–C) groups is 1. The summed E-state index contributed by atoms with van der Waals surface area (Å²) in [5.41, 5.74) is 2.19. The third kappa shape index (κ3) is 3.61. The molecule has 5 nitrogen and oxygen atoms in total. The number of rotatable bonds is 5. The van der Waals surface area contributed by atoms with Gasteiger partial charge in [-0.1, -0.05) is 6.07 Å². The lowest BCUT2D eigenvalue weighted by molar-refractivity contribution is 0.0999. The molecule has 0 spiro atoms. The van der Waals surface area contributed by atoms with Crippen LogP contribution in [-0.4, -0.2) is 62.3 Å². The van der Waals surface area contributed by atoms with Gasteiger partial charge in [0.05, 0.1) is 12.3 Å². The first-order chi connectivity index (χ1) is 15.5. The normalized spacial score (nSPS) is 24.8. The van der Waals surface area contributed by atoms with Gasteiger partial charge in [0.25, 0.3) is 0 Å². The predicted molar refractivity (Wildman–Crippen MR) is 115 cm³/mol. The zero-order chi connectivity index (χ0) is 22.4. The molecular weight excluding hydrogens is 419 g/mol. The van der Waals surface area contributed by atoms with Crippen LogP contribution in [0, 0.1) is 23.4 Å². The minimum atomic E-state index is -0.651. The molecule has 1 N–H and O–H groups in total. The van der Waals surface area contributed by atoms with Crippen LogP contribution in [0.1, 0.15) is 33.8 Å². The molecule has 0 radical (unpaired) electrons. The summed E-state index contributed by atoms with van der Waals surface area (Å²) in [6.45, 7) is 2.94. The monoisotopic (exact) mass is 443 g/mol. The van der Waals surface area contributed by atoms with Crippen molar-refractivity contribution in [3.8, 4) is 0 Å². The molecule has 0 amide bonds. The first-order valence-electron chi connectivity index (χ1n) is 10.8. The number of carbonyl (C=O) groups excluding carboxylic acids is 1. The Labute approximate surface area is 184 Å². The Hall–Kier alpha value is -2.71. The van der Waals surface area contributed by atoms with Crippen molar-refractivity contribution in [1.82, 2.24) is 4.90 Å². The smallest absolute Gasteiger partial charge is 0.185 e. The highest BCUT2D eigenvalue weighted by Crippen LogP contribution is 2.43. The molecule has 1 fully saturated rings. The van der Waals surface area contributed by atoms with E-state index in [1.54, 1.807) is 7.11 Å². The lowest BCUT2D eigenvalue weighted by Crippen LogP contribution is -2.46. The van der Waals surface area contributed by atoms with Crippen LogP contribution in [0.5, 0.6) is 0 Å². The van der Waals surface area contributed by atoms with Crippen molar-refractivity contribution in [2.75, 3.05) is 45.2 Å². The maximum Gasteiger partial charge on any atom is 0.185 e. The molecular formula is C24H24F3N3O2. The number of hydrogen-bond acceptors (Lipinski definition) is 5. The second-order valence-electron chi connectivity index (χ2n) is 8.66. The van der Waals surface area contributed by atoms with E-state index in [1.165, 1.54) is 24.3 Å². The van der Waals surface area contributed by atoms with Crippen LogP contribution in [0.25, 0.3) is 0 Å². The highest BCUT2D eigenvalue weighted by atomic mass is 19.1. The van der Waals surface area contributed by atoms with E-state index in [1.807, 2.05) is 0 Å². The van der Waals surface area contributed by atoms with Crippen molar-refractivity contribution in [1.29, 1.82) is 0 Å². The number of nitrogens with zero attached hydrogens (tertiary/aromatic N) is 2. The van der Waals surface area contributed by atoms with Gasteiger partial charge in [-0.05, 0) is 42.6 Å². The molecule has 0 aromatic heterocycles. The van der Waals surface area contributed by atoms with Crippen LogP contribution in [-0.2, 0) is 4.74 Å². The molecule has 2 aromatic carbocycles. The Morgan fingerprint density at radius 2 is 2.03 bits per heavy atom. The summed E-state index contributed by atoms with van der Waals surface area (Å²) < 4.78 is 48.2. The first kappa shape index (κ1) is 21.2. The van der Waals surface area contributed by atoms with Gasteiger partial charge in [0.2, 0.25) is 0 Å². The number of halogens is 3. The van der Waals surface area contributed by atoms with Gasteiger partial charge in [-0.2, -0.15) is 0 Å². The number of methoxy groups -OCH3 is 1. The van der Waals surface area contributed by atoms with Gasteiger partial charge in [-0.25, -0.2) is 13.2 Å². The maximum absolute atomic E-state index is 15.0. The molecule has 3 aliphatic rings. The van der Waals surface area contributed by atoms with E-state index in [9.17, 15) is 13.6 Å². The van der Waals surface area contributed by atoms with E-state index in [4.69, 9.17) is 4.74 Å². The average Bonchev–Trinajstić information content (AvgIpc) is 3.23. The third-order valence-corrected chi connectivity index (χ3v) is 6.75. The fourth-order valence-electron chi connectivity index (χ4n) is 5.29. The Morgan fingerprint density at radius 1 is 1.19 bits per heavy atom. The topological polar surface area (TPSA) is 53.9 Å². The standard InChI is InChI=1S/C24H24F3N3O2/c1-32-7-6-30-5-4-13(12-30)23-22(16-3-2-14(25)9-18(16)27)24-21-17(20(31)11-28-24)8-15(26)10-19(21)29-23/h2-3,8-10,13,22-23,29H,4-7,11-12H2,1H3/t13-,22+,23+/m0/s1. The summed E-state index contributed by atoms with van der Waals surface area (Å²) in [6, 6.07) is 5.88. The van der Waals surface area contributed by atoms with E-state index in [0.717, 1.165) is 32.1 Å². The summed E-state index contributed by atoms with van der Waals surface area (Å²) in [7, 11) is 1.66. The fraction of sp³-hybridized carbons (Fsp3) is 0.417. The molecule has 5 rings (SSSR count). The number of benzene rings is 2. The molecule has 0 bridgehead atoms. The molecule has 0 aliphatic carbocycles. The van der Waals surface area contributed by atoms with Gasteiger partial charge in [0, 0.05) is 55.0 Å². The van der Waals surface area contributed by atoms with Gasteiger partial charge in [0.1, 0.15) is 24.0 Å². The summed E-state index contributed by atoms with van der Waals surface area (Å²) in [5, 5.41) is 3.41. The van der Waals surface area contributed by atoms with E-state index >= 15 is 4.39 Å². The number of ether oxygens (including phenoxy) is 1. The Morgan fingerprint density at radius 3 is 2.81 bits per heavy atom. The quantitative estimate of drug-likeness (QED) is 0.767. The predicted octanol–water partition coefficient (Wildman–Crippen LogP) is 3.64. The number of nitrogens with one attached hydrogen (secondary N) is 1. The Bertz CT molecular complexity index is 1100. The maximum atomic E-state index is 15.0. The van der Waals surface area contributed by atoms with Crippen LogP contribution in [0.4, 0.5) is 18.9 Å². The van der Waals surface area contributed by atoms with Crippen molar-refractivity contribution in [3.63, 3.8) is 0 Å². The van der Waals surface area contributed by atoms with Crippen molar-refractivity contribution in [2.24, 2.45) is 10.9 Å². The minimum absolute atomic E-state index is 0.109. The summed E-state index contributed by atoms with van der Waals surface area (Å²) in [4.78, 5) is 19.3. The molecule has 8 heteroatoms. The highest BCUT2D eigenvalue weighted by molar-refractivity contribution is 6.21. The number of hydrogen-bond donors (Lipinski definition) is 1. The van der Waals surface area contributed by atoms with Crippen LogP contribution < -0.4 is 5.32 Å². The number of ketones is 1. The molecule has 3 atom stereocenters. The van der Waals surface area contributed by atoms with E-state index in [2.05, 4.69) is 15.2 Å². The zero-order valence-electron chi connectivity index (χ0n) is 17.7. The van der Waals surface area contributed by atoms with E-state index in [-0.39, 0.29) is 29.9 Å². The number of likely N-dealkylation sites (tertiary alicyclic amines) is 1. The molecule has 3 heterocycles. The van der Waals surface area contributed by atoms with Crippen molar-refractivity contribution >= 4 is 17.2 Å². The summed E-state index contributed by atoms with van der Waals surface area (Å²) in [5.74, 6) is -2.46. The Kier molecular flexibility index (Phi) is 5.51. The van der Waals surface area contributed by atoms with E-state index < -0.39 is 23.4 Å². The fourth-order valence-corrected chi connectivity index (χ4v) is 5.29. The van der Waals surface area contributed by atoms with Crippen LogP contribution in [0.3, 0.4) is 0 Å². The SMILES string of the molecule is COCCN1CC[C@H]([C@H]2Nc3cc(F)cc4c3C(=NCC4=O)[C@@H]2c2ccc(F)cc2F)C1. The lowest BCUT2D eigenvalue weighted by atomic mass is 9.73. The summed E-state index contributed by atoms with van der Waals surface area (Å²) >= 11 is 0. The van der Waals surface area contributed by atoms with Crippen molar-refractivity contribution < 1.29 is 22.7 Å². The Balaban J connectivity index is 1.61. The minimum Gasteiger partial charge on any atom is -0.383 e. The van der Waals surface area contributed by atoms with E-state index in [0.29, 0.717) is 29.1 Å². The third-order valence-electron chi connectivity index (χ3n) is 6.75. The molecule has 2 aromatic rings. The second-order valence-corrected chi connectivity index (χ2v) is 8.66. The summed E-state index contributed by atoms with van der Waals surface area (Å²) in [6.07, 6.45) is 0.865. The molecule has 1 saturated heterocycles. The average molecular weight is 443 g/mol. The number of Topliss-reactive ketones (excluding diaryl/α,β-unsaturated/α-hetero) is 1.